The fraction of sp³-hybridized carbons (Fsp3) is 0.167. The zero-order chi connectivity index (χ0) is 19.2. The highest BCUT2D eigenvalue weighted by molar-refractivity contribution is 6.31. The van der Waals surface area contributed by atoms with Crippen molar-refractivity contribution in [3.63, 3.8) is 0 Å². The molecule has 1 fully saturated rings. The molecule has 9 heteroatoms. The molecule has 1 unspecified atom stereocenters. The summed E-state index contributed by atoms with van der Waals surface area (Å²) in [7, 11) is 0. The second-order valence-corrected chi connectivity index (χ2v) is 6.73. The number of nitro benzene ring substituents is 1. The van der Waals surface area contributed by atoms with Crippen LogP contribution >= 0.6 is 11.6 Å². The Kier molecular flexibility index (Phi) is 3.92. The molecule has 27 heavy (non-hydrogen) atoms. The van der Waals surface area contributed by atoms with E-state index >= 15 is 0 Å². The average Bonchev–Trinajstić information content (AvgIpc) is 3.18. The maximum absolute atomic E-state index is 12.9. The van der Waals surface area contributed by atoms with Gasteiger partial charge in [0.15, 0.2) is 0 Å². The van der Waals surface area contributed by atoms with Crippen molar-refractivity contribution >= 4 is 40.5 Å². The molecule has 0 aromatic heterocycles. The lowest BCUT2D eigenvalue weighted by molar-refractivity contribution is -0.384. The first-order chi connectivity index (χ1) is 12.9. The third-order valence-electron chi connectivity index (χ3n) is 4.54. The zero-order valence-electron chi connectivity index (χ0n) is 13.8. The molecule has 2 aliphatic rings. The molecule has 8 nitrogen and oxygen atoms in total. The summed E-state index contributed by atoms with van der Waals surface area (Å²) >= 11 is 5.85. The number of benzene rings is 2. The molecule has 2 aliphatic heterocycles. The Morgan fingerprint density at radius 1 is 1.15 bits per heavy atom. The summed E-state index contributed by atoms with van der Waals surface area (Å²) in [4.78, 5) is 42.3. The number of anilines is 1. The predicted molar refractivity (Wildman–Crippen MR) is 96.6 cm³/mol. The molecule has 1 atom stereocenters. The van der Waals surface area contributed by atoms with E-state index < -0.39 is 22.3 Å². The fourth-order valence-electron chi connectivity index (χ4n) is 3.21. The minimum Gasteiger partial charge on any atom is -0.378 e. The largest absolute Gasteiger partial charge is 0.378 e. The number of carbonyl (C=O) groups excluding carboxylic acids is 2. The first kappa shape index (κ1) is 17.2. The number of nitro groups is 1. The number of carbonyl (C=O) groups is 2. The van der Waals surface area contributed by atoms with Crippen molar-refractivity contribution in [3.8, 4) is 0 Å². The van der Waals surface area contributed by atoms with Crippen LogP contribution in [0.5, 0.6) is 0 Å². The normalized spacial score (nSPS) is 21.5. The van der Waals surface area contributed by atoms with E-state index in [9.17, 15) is 19.7 Å². The standard InChI is InChI=1S/C18H12ClN3O5/c19-12-4-6-13(7-5-12)21-16(23)10-18(17(21)24)9-15(20-27-18)11-2-1-3-14(8-11)22(25)26/h1-8H,9-10H2. The fourth-order valence-corrected chi connectivity index (χ4v) is 3.33. The second-order valence-electron chi connectivity index (χ2n) is 6.30. The molecule has 2 heterocycles. The quantitative estimate of drug-likeness (QED) is 0.459. The average molecular weight is 386 g/mol. The molecule has 0 radical (unpaired) electrons. The van der Waals surface area contributed by atoms with Gasteiger partial charge in [-0.2, -0.15) is 0 Å². The van der Waals surface area contributed by atoms with Crippen LogP contribution in [0.2, 0.25) is 5.02 Å². The Morgan fingerprint density at radius 3 is 2.59 bits per heavy atom. The summed E-state index contributed by atoms with van der Waals surface area (Å²) in [5.74, 6) is -0.920. The van der Waals surface area contributed by atoms with Crippen LogP contribution in [-0.4, -0.2) is 28.1 Å². The van der Waals surface area contributed by atoms with Crippen LogP contribution in [-0.2, 0) is 14.4 Å². The number of hydrogen-bond acceptors (Lipinski definition) is 6. The van der Waals surface area contributed by atoms with E-state index in [0.717, 1.165) is 4.90 Å². The lowest BCUT2D eigenvalue weighted by Crippen LogP contribution is -2.40. The summed E-state index contributed by atoms with van der Waals surface area (Å²) in [5.41, 5.74) is -0.244. The maximum atomic E-state index is 12.9. The van der Waals surface area contributed by atoms with Gasteiger partial charge in [-0.05, 0) is 24.3 Å². The SMILES string of the molecule is O=C1CC2(CC(c3cccc([N+](=O)[O-])c3)=NO2)C(=O)N1c1ccc(Cl)cc1. The molecule has 136 valence electrons. The number of non-ortho nitro benzene ring substituents is 1. The van der Waals surface area contributed by atoms with Gasteiger partial charge in [0.25, 0.3) is 11.6 Å². The lowest BCUT2D eigenvalue weighted by Gasteiger charge is -2.19. The molecule has 4 rings (SSSR count). The molecule has 2 aromatic carbocycles. The molecule has 0 N–H and O–H groups in total. The van der Waals surface area contributed by atoms with Crippen molar-refractivity contribution in [2.75, 3.05) is 4.90 Å². The van der Waals surface area contributed by atoms with Gasteiger partial charge in [0.05, 0.1) is 22.7 Å². The highest BCUT2D eigenvalue weighted by Crippen LogP contribution is 2.39. The van der Waals surface area contributed by atoms with Gasteiger partial charge in [-0.25, -0.2) is 4.90 Å². The minimum absolute atomic E-state index is 0.0584. The molecular formula is C18H12ClN3O5. The highest BCUT2D eigenvalue weighted by Gasteiger charge is 2.58. The summed E-state index contributed by atoms with van der Waals surface area (Å²) in [5, 5.41) is 15.4. The monoisotopic (exact) mass is 385 g/mol. The van der Waals surface area contributed by atoms with Crippen LogP contribution in [0, 0.1) is 10.1 Å². The van der Waals surface area contributed by atoms with E-state index in [4.69, 9.17) is 16.4 Å². The van der Waals surface area contributed by atoms with Gasteiger partial charge in [0, 0.05) is 29.1 Å². The predicted octanol–water partition coefficient (Wildman–Crippen LogP) is 3.07. The number of oxime groups is 1. The van der Waals surface area contributed by atoms with Crippen LogP contribution in [0.15, 0.2) is 53.7 Å². The first-order valence-electron chi connectivity index (χ1n) is 8.02. The Morgan fingerprint density at radius 2 is 1.89 bits per heavy atom. The van der Waals surface area contributed by atoms with Crippen LogP contribution in [0.3, 0.4) is 0 Å². The molecule has 2 amide bonds. The lowest BCUT2D eigenvalue weighted by atomic mass is 9.92. The van der Waals surface area contributed by atoms with Gasteiger partial charge in [-0.15, -0.1) is 0 Å². The van der Waals surface area contributed by atoms with E-state index in [2.05, 4.69) is 5.16 Å². The molecule has 0 aliphatic carbocycles. The van der Waals surface area contributed by atoms with Crippen molar-refractivity contribution in [1.82, 2.24) is 0 Å². The Hall–Kier alpha value is -3.26. The van der Waals surface area contributed by atoms with Crippen LogP contribution < -0.4 is 4.90 Å². The zero-order valence-corrected chi connectivity index (χ0v) is 14.5. The van der Waals surface area contributed by atoms with Gasteiger partial charge < -0.3 is 4.84 Å². The summed E-state index contributed by atoms with van der Waals surface area (Å²) in [6.45, 7) is 0. The first-order valence-corrected chi connectivity index (χ1v) is 8.40. The molecular weight excluding hydrogens is 374 g/mol. The third kappa shape index (κ3) is 2.83. The van der Waals surface area contributed by atoms with Gasteiger partial charge in [-0.1, -0.05) is 28.9 Å². The van der Waals surface area contributed by atoms with Gasteiger partial charge >= 0.3 is 0 Å². The van der Waals surface area contributed by atoms with E-state index in [-0.39, 0.29) is 18.5 Å². The number of amides is 2. The van der Waals surface area contributed by atoms with Crippen LogP contribution in [0.4, 0.5) is 11.4 Å². The van der Waals surface area contributed by atoms with Crippen LogP contribution in [0.1, 0.15) is 18.4 Å². The second kappa shape index (κ2) is 6.17. The molecule has 2 aromatic rings. The third-order valence-corrected chi connectivity index (χ3v) is 4.79. The van der Waals surface area contributed by atoms with Crippen molar-refractivity contribution in [2.24, 2.45) is 5.16 Å². The summed E-state index contributed by atoms with van der Waals surface area (Å²) in [6, 6.07) is 12.2. The van der Waals surface area contributed by atoms with Crippen molar-refractivity contribution < 1.29 is 19.3 Å². The van der Waals surface area contributed by atoms with Crippen molar-refractivity contribution in [1.29, 1.82) is 0 Å². The van der Waals surface area contributed by atoms with Crippen molar-refractivity contribution in [2.45, 2.75) is 18.4 Å². The topological polar surface area (TPSA) is 102 Å². The molecule has 0 saturated carbocycles. The summed E-state index contributed by atoms with van der Waals surface area (Å²) < 4.78 is 0. The number of nitrogens with zero attached hydrogens (tertiary/aromatic N) is 3. The maximum Gasteiger partial charge on any atom is 0.281 e. The van der Waals surface area contributed by atoms with Crippen molar-refractivity contribution in [3.05, 3.63) is 69.2 Å². The Bertz CT molecular complexity index is 1000. The highest BCUT2D eigenvalue weighted by atomic mass is 35.5. The molecule has 0 bridgehead atoms. The minimum atomic E-state index is -1.42. The number of rotatable bonds is 3. The number of halogens is 1. The smallest absolute Gasteiger partial charge is 0.281 e. The van der Waals surface area contributed by atoms with Gasteiger partial charge in [-0.3, -0.25) is 19.7 Å². The Balaban J connectivity index is 1.60. The van der Waals surface area contributed by atoms with E-state index in [1.54, 1.807) is 30.3 Å². The molecule has 1 spiro atoms. The van der Waals surface area contributed by atoms with E-state index in [1.807, 2.05) is 0 Å². The van der Waals surface area contributed by atoms with Gasteiger partial charge in [0.2, 0.25) is 11.5 Å². The Labute approximate surface area is 158 Å². The van der Waals surface area contributed by atoms with E-state index in [0.29, 0.717) is 22.0 Å². The number of hydrogen-bond donors (Lipinski definition) is 0. The molecule has 1 saturated heterocycles. The van der Waals surface area contributed by atoms with Gasteiger partial charge in [0.1, 0.15) is 0 Å². The van der Waals surface area contributed by atoms with Crippen LogP contribution in [0.25, 0.3) is 0 Å². The van der Waals surface area contributed by atoms with E-state index in [1.165, 1.54) is 18.2 Å². The summed E-state index contributed by atoms with van der Waals surface area (Å²) in [6.07, 6.45) is -0.0980. The number of imide groups is 1.